The molecule has 0 fully saturated rings. The van der Waals surface area contributed by atoms with Crippen LogP contribution in [0.1, 0.15) is 63.3 Å². The van der Waals surface area contributed by atoms with Crippen LogP contribution in [0.25, 0.3) is 0 Å². The van der Waals surface area contributed by atoms with Crippen molar-refractivity contribution in [3.63, 3.8) is 0 Å². The second-order valence-electron chi connectivity index (χ2n) is 5.80. The van der Waals surface area contributed by atoms with Gasteiger partial charge in [-0.15, -0.1) is 0 Å². The molecule has 0 aromatic carbocycles. The predicted molar refractivity (Wildman–Crippen MR) is 96.0 cm³/mol. The number of pyridine rings is 1. The molecule has 2 nitrogen and oxygen atoms in total. The number of nitrogens with zero attached hydrogens (tertiary/aromatic N) is 2. The highest BCUT2D eigenvalue weighted by molar-refractivity contribution is 9.09. The van der Waals surface area contributed by atoms with E-state index in [9.17, 15) is 0 Å². The Kier molecular flexibility index (Phi) is 10.8. The van der Waals surface area contributed by atoms with Gasteiger partial charge < -0.3 is 0 Å². The van der Waals surface area contributed by atoms with Crippen LogP contribution in [0.2, 0.25) is 0 Å². The minimum Gasteiger partial charge on any atom is -0.298 e. The average Bonchev–Trinajstić information content (AvgIpc) is 2.48. The second-order valence-corrected chi connectivity index (χ2v) is 6.60. The van der Waals surface area contributed by atoms with E-state index in [1.807, 2.05) is 0 Å². The number of alkyl halides is 1. The lowest BCUT2D eigenvalue weighted by Crippen LogP contribution is -2.24. The van der Waals surface area contributed by atoms with Crippen molar-refractivity contribution >= 4 is 15.9 Å². The minimum absolute atomic E-state index is 0.990. The molecular weight excluding hydrogens is 324 g/mol. The van der Waals surface area contributed by atoms with Gasteiger partial charge in [0.05, 0.1) is 5.69 Å². The molecule has 0 aliphatic carbocycles. The van der Waals surface area contributed by atoms with E-state index < -0.39 is 0 Å². The largest absolute Gasteiger partial charge is 0.298 e. The smallest absolute Gasteiger partial charge is 0.0547 e. The molecule has 0 unspecified atom stereocenters. The number of hydrogen-bond acceptors (Lipinski definition) is 2. The standard InChI is InChI=1S/C18H31BrN2/c1-3-21(16-18-13-11-12-17(2)20-18)15-10-8-6-4-5-7-9-14-19/h11-13H,3-10,14-16H2,1-2H3. The summed E-state index contributed by atoms with van der Waals surface area (Å²) in [5.74, 6) is 0. The van der Waals surface area contributed by atoms with E-state index in [0.29, 0.717) is 0 Å². The molecule has 120 valence electrons. The lowest BCUT2D eigenvalue weighted by molar-refractivity contribution is 0.269. The Labute approximate surface area is 139 Å². The van der Waals surface area contributed by atoms with Crippen LogP contribution in [-0.2, 0) is 6.54 Å². The van der Waals surface area contributed by atoms with Crippen molar-refractivity contribution in [2.45, 2.75) is 65.3 Å². The van der Waals surface area contributed by atoms with Crippen LogP contribution in [0.15, 0.2) is 18.2 Å². The van der Waals surface area contributed by atoms with Crippen LogP contribution in [0, 0.1) is 6.92 Å². The Morgan fingerprint density at radius 1 is 1.00 bits per heavy atom. The van der Waals surface area contributed by atoms with Crippen molar-refractivity contribution in [1.82, 2.24) is 9.88 Å². The first-order valence-corrected chi connectivity index (χ1v) is 9.59. The highest BCUT2D eigenvalue weighted by Gasteiger charge is 2.04. The van der Waals surface area contributed by atoms with Crippen molar-refractivity contribution in [3.05, 3.63) is 29.6 Å². The third kappa shape index (κ3) is 9.26. The molecule has 0 saturated heterocycles. The highest BCUT2D eigenvalue weighted by atomic mass is 79.9. The zero-order chi connectivity index (χ0) is 15.3. The van der Waals surface area contributed by atoms with Crippen molar-refractivity contribution < 1.29 is 0 Å². The Hall–Kier alpha value is -0.410. The van der Waals surface area contributed by atoms with Gasteiger partial charge >= 0.3 is 0 Å². The fourth-order valence-corrected chi connectivity index (χ4v) is 2.98. The molecule has 0 atom stereocenters. The number of aromatic nitrogens is 1. The molecule has 0 radical (unpaired) electrons. The third-order valence-corrected chi connectivity index (χ3v) is 4.45. The number of rotatable bonds is 12. The maximum absolute atomic E-state index is 4.60. The molecular formula is C18H31BrN2. The number of unbranched alkanes of at least 4 members (excludes halogenated alkanes) is 6. The highest BCUT2D eigenvalue weighted by Crippen LogP contribution is 2.10. The summed E-state index contributed by atoms with van der Waals surface area (Å²) >= 11 is 3.49. The molecule has 0 saturated carbocycles. The molecule has 0 bridgehead atoms. The van der Waals surface area contributed by atoms with Crippen LogP contribution < -0.4 is 0 Å². The zero-order valence-electron chi connectivity index (χ0n) is 13.8. The summed E-state index contributed by atoms with van der Waals surface area (Å²) in [7, 11) is 0. The van der Waals surface area contributed by atoms with Crippen molar-refractivity contribution in [3.8, 4) is 0 Å². The quantitative estimate of drug-likeness (QED) is 0.372. The van der Waals surface area contributed by atoms with Gasteiger partial charge in [-0.3, -0.25) is 9.88 Å². The van der Waals surface area contributed by atoms with Gasteiger partial charge in [0, 0.05) is 17.6 Å². The van der Waals surface area contributed by atoms with Gasteiger partial charge in [0.25, 0.3) is 0 Å². The molecule has 1 rings (SSSR count). The SMILES string of the molecule is CCN(CCCCCCCCCBr)Cc1cccc(C)n1. The topological polar surface area (TPSA) is 16.1 Å². The Morgan fingerprint density at radius 3 is 2.29 bits per heavy atom. The Balaban J connectivity index is 2.11. The molecule has 0 spiro atoms. The van der Waals surface area contributed by atoms with E-state index in [1.54, 1.807) is 0 Å². The van der Waals surface area contributed by atoms with Gasteiger partial charge in [0.2, 0.25) is 0 Å². The molecule has 1 heterocycles. The third-order valence-electron chi connectivity index (χ3n) is 3.89. The first-order chi connectivity index (χ1) is 10.3. The first-order valence-electron chi connectivity index (χ1n) is 8.47. The fourth-order valence-electron chi connectivity index (χ4n) is 2.58. The molecule has 0 amide bonds. The lowest BCUT2D eigenvalue weighted by Gasteiger charge is -2.20. The average molecular weight is 355 g/mol. The van der Waals surface area contributed by atoms with E-state index in [4.69, 9.17) is 0 Å². The molecule has 21 heavy (non-hydrogen) atoms. The molecule has 1 aromatic rings. The predicted octanol–water partition coefficient (Wildman–Crippen LogP) is 5.34. The fraction of sp³-hybridized carbons (Fsp3) is 0.722. The first kappa shape index (κ1) is 18.6. The molecule has 0 aliphatic rings. The van der Waals surface area contributed by atoms with Crippen LogP contribution in [0.3, 0.4) is 0 Å². The van der Waals surface area contributed by atoms with Gasteiger partial charge in [-0.2, -0.15) is 0 Å². The van der Waals surface area contributed by atoms with E-state index in [0.717, 1.165) is 24.1 Å². The number of halogens is 1. The van der Waals surface area contributed by atoms with E-state index in [-0.39, 0.29) is 0 Å². The molecule has 0 N–H and O–H groups in total. The Morgan fingerprint density at radius 2 is 1.67 bits per heavy atom. The second kappa shape index (κ2) is 12.2. The van der Waals surface area contributed by atoms with E-state index in [2.05, 4.69) is 57.9 Å². The summed E-state index contributed by atoms with van der Waals surface area (Å²) in [6.07, 6.45) is 9.58. The van der Waals surface area contributed by atoms with E-state index in [1.165, 1.54) is 57.2 Å². The summed E-state index contributed by atoms with van der Waals surface area (Å²) in [6, 6.07) is 6.31. The van der Waals surface area contributed by atoms with Gasteiger partial charge in [-0.1, -0.05) is 61.0 Å². The van der Waals surface area contributed by atoms with E-state index >= 15 is 0 Å². The number of hydrogen-bond donors (Lipinski definition) is 0. The zero-order valence-corrected chi connectivity index (χ0v) is 15.4. The summed E-state index contributed by atoms with van der Waals surface area (Å²) < 4.78 is 0. The number of aryl methyl sites for hydroxylation is 1. The summed E-state index contributed by atoms with van der Waals surface area (Å²) in [6.45, 7) is 7.61. The normalized spacial score (nSPS) is 11.2. The van der Waals surface area contributed by atoms with Crippen molar-refractivity contribution in [2.24, 2.45) is 0 Å². The van der Waals surface area contributed by atoms with Gasteiger partial charge in [0.15, 0.2) is 0 Å². The van der Waals surface area contributed by atoms with Gasteiger partial charge in [-0.25, -0.2) is 0 Å². The monoisotopic (exact) mass is 354 g/mol. The minimum atomic E-state index is 0.990. The Bertz CT molecular complexity index is 368. The molecule has 0 aliphatic heterocycles. The van der Waals surface area contributed by atoms with Crippen LogP contribution >= 0.6 is 15.9 Å². The lowest BCUT2D eigenvalue weighted by atomic mass is 10.1. The van der Waals surface area contributed by atoms with Crippen LogP contribution in [0.4, 0.5) is 0 Å². The van der Waals surface area contributed by atoms with Crippen molar-refractivity contribution in [1.29, 1.82) is 0 Å². The maximum Gasteiger partial charge on any atom is 0.0547 e. The molecule has 3 heteroatoms. The summed E-state index contributed by atoms with van der Waals surface area (Å²) in [5.41, 5.74) is 2.32. The summed E-state index contributed by atoms with van der Waals surface area (Å²) in [5, 5.41) is 1.16. The van der Waals surface area contributed by atoms with Crippen LogP contribution in [-0.4, -0.2) is 28.3 Å². The molecule has 1 aromatic heterocycles. The maximum atomic E-state index is 4.60. The van der Waals surface area contributed by atoms with Crippen molar-refractivity contribution in [2.75, 3.05) is 18.4 Å². The van der Waals surface area contributed by atoms with Crippen LogP contribution in [0.5, 0.6) is 0 Å². The van der Waals surface area contributed by atoms with Gasteiger partial charge in [-0.05, 0) is 45.0 Å². The summed E-state index contributed by atoms with van der Waals surface area (Å²) in [4.78, 5) is 7.11. The van der Waals surface area contributed by atoms with Gasteiger partial charge in [0.1, 0.15) is 0 Å².